The number of carbonyl (C=O) groups is 1. The smallest absolute Gasteiger partial charge is 0.407 e. The SMILES string of the molecule is CC(C)(C)OC(=O)NCCCCNCc1cccc(-c2n[nH]c(=O)c3ccccc23)c1. The van der Waals surface area contributed by atoms with E-state index >= 15 is 0 Å². The molecule has 2 aromatic carbocycles. The van der Waals surface area contributed by atoms with Crippen LogP contribution in [0.4, 0.5) is 4.79 Å². The number of ether oxygens (including phenoxy) is 1. The number of fused-ring (bicyclic) bond motifs is 1. The van der Waals surface area contributed by atoms with Crippen LogP contribution in [0.3, 0.4) is 0 Å². The first-order valence-corrected chi connectivity index (χ1v) is 10.6. The molecule has 0 saturated carbocycles. The van der Waals surface area contributed by atoms with Crippen molar-refractivity contribution in [2.75, 3.05) is 13.1 Å². The Labute approximate surface area is 182 Å². The van der Waals surface area contributed by atoms with Crippen molar-refractivity contribution in [3.8, 4) is 11.3 Å². The lowest BCUT2D eigenvalue weighted by molar-refractivity contribution is 0.0527. The standard InChI is InChI=1S/C24H30N4O3/c1-24(2,3)31-23(30)26-14-7-6-13-25-16-17-9-8-10-18(15-17)21-19-11-4-5-12-20(19)22(29)28-27-21/h4-5,8-12,15,25H,6-7,13-14,16H2,1-3H3,(H,26,30)(H,28,29). The van der Waals surface area contributed by atoms with E-state index in [-0.39, 0.29) is 11.7 Å². The first-order chi connectivity index (χ1) is 14.8. The fraction of sp³-hybridized carbons (Fsp3) is 0.375. The van der Waals surface area contributed by atoms with Crippen LogP contribution >= 0.6 is 0 Å². The van der Waals surface area contributed by atoms with E-state index in [2.05, 4.69) is 33.0 Å². The summed E-state index contributed by atoms with van der Waals surface area (Å²) in [5.41, 5.74) is 2.22. The second-order valence-electron chi connectivity index (χ2n) is 8.46. The Hall–Kier alpha value is -3.19. The molecule has 1 heterocycles. The molecule has 0 saturated heterocycles. The summed E-state index contributed by atoms with van der Waals surface area (Å²) in [5.74, 6) is 0. The van der Waals surface area contributed by atoms with Gasteiger partial charge in [0.25, 0.3) is 5.56 Å². The molecule has 0 fully saturated rings. The van der Waals surface area contributed by atoms with Crippen LogP contribution in [-0.4, -0.2) is 35.0 Å². The van der Waals surface area contributed by atoms with Crippen molar-refractivity contribution in [1.82, 2.24) is 20.8 Å². The Bertz CT molecular complexity index is 1090. The van der Waals surface area contributed by atoms with Crippen molar-refractivity contribution < 1.29 is 9.53 Å². The highest BCUT2D eigenvalue weighted by Crippen LogP contribution is 2.24. The summed E-state index contributed by atoms with van der Waals surface area (Å²) in [5, 5.41) is 14.6. The minimum absolute atomic E-state index is 0.182. The van der Waals surface area contributed by atoms with E-state index in [9.17, 15) is 9.59 Å². The molecule has 0 aliphatic carbocycles. The van der Waals surface area contributed by atoms with E-state index in [0.717, 1.165) is 48.1 Å². The molecule has 1 amide bonds. The molecule has 164 valence electrons. The van der Waals surface area contributed by atoms with Crippen LogP contribution in [0.25, 0.3) is 22.0 Å². The van der Waals surface area contributed by atoms with Gasteiger partial charge in [-0.3, -0.25) is 4.79 Å². The molecular formula is C24H30N4O3. The van der Waals surface area contributed by atoms with E-state index in [1.807, 2.05) is 57.2 Å². The van der Waals surface area contributed by atoms with Gasteiger partial charge in [-0.1, -0.05) is 36.4 Å². The summed E-state index contributed by atoms with van der Waals surface area (Å²) >= 11 is 0. The Morgan fingerprint density at radius 1 is 1.03 bits per heavy atom. The third-order valence-electron chi connectivity index (χ3n) is 4.67. The van der Waals surface area contributed by atoms with Gasteiger partial charge in [0.15, 0.2) is 0 Å². The minimum Gasteiger partial charge on any atom is -0.444 e. The van der Waals surface area contributed by atoms with E-state index < -0.39 is 5.60 Å². The number of benzene rings is 2. The van der Waals surface area contributed by atoms with E-state index in [1.165, 1.54) is 0 Å². The lowest BCUT2D eigenvalue weighted by atomic mass is 10.0. The zero-order chi connectivity index (χ0) is 22.3. The van der Waals surface area contributed by atoms with E-state index in [4.69, 9.17) is 4.74 Å². The second-order valence-corrected chi connectivity index (χ2v) is 8.46. The summed E-state index contributed by atoms with van der Waals surface area (Å²) in [6, 6.07) is 15.6. The van der Waals surface area contributed by atoms with Gasteiger partial charge >= 0.3 is 6.09 Å². The summed E-state index contributed by atoms with van der Waals surface area (Å²) in [7, 11) is 0. The van der Waals surface area contributed by atoms with Crippen molar-refractivity contribution in [1.29, 1.82) is 0 Å². The zero-order valence-corrected chi connectivity index (χ0v) is 18.3. The third-order valence-corrected chi connectivity index (χ3v) is 4.67. The highest BCUT2D eigenvalue weighted by molar-refractivity contribution is 5.93. The normalized spacial score (nSPS) is 11.5. The number of rotatable bonds is 8. The molecule has 3 rings (SSSR count). The summed E-state index contributed by atoms with van der Waals surface area (Å²) in [6.07, 6.45) is 1.45. The van der Waals surface area contributed by atoms with Crippen molar-refractivity contribution in [2.24, 2.45) is 0 Å². The van der Waals surface area contributed by atoms with Crippen LogP contribution in [0, 0.1) is 0 Å². The molecule has 0 aliphatic rings. The Kier molecular flexibility index (Phi) is 7.41. The van der Waals surface area contributed by atoms with Crippen LogP contribution in [0.2, 0.25) is 0 Å². The van der Waals surface area contributed by atoms with Gasteiger partial charge in [0.2, 0.25) is 0 Å². The first-order valence-electron chi connectivity index (χ1n) is 10.6. The monoisotopic (exact) mass is 422 g/mol. The number of alkyl carbamates (subject to hydrolysis) is 1. The van der Waals surface area contributed by atoms with Crippen LogP contribution in [0.15, 0.2) is 53.3 Å². The molecule has 0 atom stereocenters. The van der Waals surface area contributed by atoms with Gasteiger partial charge < -0.3 is 15.4 Å². The largest absolute Gasteiger partial charge is 0.444 e. The summed E-state index contributed by atoms with van der Waals surface area (Å²) in [6.45, 7) is 7.72. The number of aromatic amines is 1. The first kappa shape index (κ1) is 22.5. The summed E-state index contributed by atoms with van der Waals surface area (Å²) in [4.78, 5) is 23.6. The fourth-order valence-corrected chi connectivity index (χ4v) is 3.28. The van der Waals surface area contributed by atoms with E-state index in [1.54, 1.807) is 0 Å². The molecule has 3 aromatic rings. The van der Waals surface area contributed by atoms with Crippen LogP contribution in [0.5, 0.6) is 0 Å². The number of hydrogen-bond donors (Lipinski definition) is 3. The third kappa shape index (κ3) is 6.65. The lowest BCUT2D eigenvalue weighted by Gasteiger charge is -2.19. The maximum Gasteiger partial charge on any atom is 0.407 e. The predicted octanol–water partition coefficient (Wildman–Crippen LogP) is 3.98. The molecule has 0 aliphatic heterocycles. The molecule has 3 N–H and O–H groups in total. The van der Waals surface area contributed by atoms with Crippen molar-refractivity contribution >= 4 is 16.9 Å². The highest BCUT2D eigenvalue weighted by atomic mass is 16.6. The van der Waals surface area contributed by atoms with Crippen LogP contribution < -0.4 is 16.2 Å². The molecule has 31 heavy (non-hydrogen) atoms. The number of aromatic nitrogens is 2. The molecule has 0 radical (unpaired) electrons. The number of hydrogen-bond acceptors (Lipinski definition) is 5. The topological polar surface area (TPSA) is 96.1 Å². The van der Waals surface area contributed by atoms with Gasteiger partial charge in [0.05, 0.1) is 11.1 Å². The van der Waals surface area contributed by atoms with Crippen molar-refractivity contribution in [3.63, 3.8) is 0 Å². The molecule has 7 heteroatoms. The number of nitrogens with one attached hydrogen (secondary N) is 3. The van der Waals surface area contributed by atoms with Gasteiger partial charge in [0.1, 0.15) is 5.60 Å². The average Bonchev–Trinajstić information content (AvgIpc) is 2.72. The molecule has 0 spiro atoms. The maximum atomic E-state index is 12.0. The lowest BCUT2D eigenvalue weighted by Crippen LogP contribution is -2.33. The number of carbonyl (C=O) groups excluding carboxylic acids is 1. The average molecular weight is 423 g/mol. The van der Waals surface area contributed by atoms with Gasteiger partial charge in [-0.15, -0.1) is 0 Å². The molecule has 0 unspecified atom stereocenters. The molecular weight excluding hydrogens is 392 g/mol. The fourth-order valence-electron chi connectivity index (χ4n) is 3.28. The maximum absolute atomic E-state index is 12.0. The van der Waals surface area contributed by atoms with Gasteiger partial charge in [-0.2, -0.15) is 5.10 Å². The van der Waals surface area contributed by atoms with Gasteiger partial charge in [0, 0.05) is 24.0 Å². The number of unbranched alkanes of at least 4 members (excludes halogenated alkanes) is 1. The Morgan fingerprint density at radius 3 is 2.55 bits per heavy atom. The van der Waals surface area contributed by atoms with Gasteiger partial charge in [-0.05, 0) is 57.9 Å². The molecule has 1 aromatic heterocycles. The highest BCUT2D eigenvalue weighted by Gasteiger charge is 2.15. The number of H-pyrrole nitrogens is 1. The number of nitrogens with zero attached hydrogens (tertiary/aromatic N) is 1. The predicted molar refractivity (Wildman–Crippen MR) is 123 cm³/mol. The van der Waals surface area contributed by atoms with Crippen molar-refractivity contribution in [2.45, 2.75) is 45.8 Å². The second kappa shape index (κ2) is 10.2. The quantitative estimate of drug-likeness (QED) is 0.477. The van der Waals surface area contributed by atoms with Gasteiger partial charge in [-0.25, -0.2) is 9.89 Å². The summed E-state index contributed by atoms with van der Waals surface area (Å²) < 4.78 is 5.21. The molecule has 0 bridgehead atoms. The Morgan fingerprint density at radius 2 is 1.77 bits per heavy atom. The Balaban J connectivity index is 1.49. The van der Waals surface area contributed by atoms with Crippen molar-refractivity contribution in [3.05, 3.63) is 64.4 Å². The molecule has 7 nitrogen and oxygen atoms in total. The number of amides is 1. The van der Waals surface area contributed by atoms with E-state index in [0.29, 0.717) is 11.9 Å². The zero-order valence-electron chi connectivity index (χ0n) is 18.3. The van der Waals surface area contributed by atoms with Crippen LogP contribution in [0.1, 0.15) is 39.2 Å². The van der Waals surface area contributed by atoms with Crippen LogP contribution in [-0.2, 0) is 11.3 Å². The minimum atomic E-state index is -0.475.